The quantitative estimate of drug-likeness (QED) is 0.887. The first-order valence-electron chi connectivity index (χ1n) is 6.92. The molecule has 0 saturated carbocycles. The number of carboxylic acids is 1. The molecule has 0 bridgehead atoms. The Kier molecular flexibility index (Phi) is 4.61. The number of urea groups is 1. The molecule has 0 spiro atoms. The van der Waals surface area contributed by atoms with Gasteiger partial charge in [0, 0.05) is 12.6 Å². The predicted octanol–water partition coefficient (Wildman–Crippen LogP) is 2.40. The van der Waals surface area contributed by atoms with E-state index in [1.807, 2.05) is 37.3 Å². The summed E-state index contributed by atoms with van der Waals surface area (Å²) in [5.74, 6) is -0.856. The molecular formula is C15H20N2O3. The smallest absolute Gasteiger partial charge is 0.318 e. The number of nitrogens with one attached hydrogen (secondary N) is 1. The molecule has 20 heavy (non-hydrogen) atoms. The molecule has 2 N–H and O–H groups in total. The Bertz CT molecular complexity index is 475. The Labute approximate surface area is 118 Å². The number of hydrogen-bond acceptors (Lipinski definition) is 2. The molecule has 0 aliphatic carbocycles. The summed E-state index contributed by atoms with van der Waals surface area (Å²) in [6.45, 7) is 2.56. The van der Waals surface area contributed by atoms with Crippen molar-refractivity contribution in [2.75, 3.05) is 6.54 Å². The first-order valence-corrected chi connectivity index (χ1v) is 6.92. The Hall–Kier alpha value is -2.04. The van der Waals surface area contributed by atoms with Crippen molar-refractivity contribution in [2.24, 2.45) is 0 Å². The summed E-state index contributed by atoms with van der Waals surface area (Å²) in [7, 11) is 0. The van der Waals surface area contributed by atoms with Crippen LogP contribution in [-0.4, -0.2) is 34.6 Å². The van der Waals surface area contributed by atoms with Gasteiger partial charge in [-0.1, -0.05) is 30.3 Å². The van der Waals surface area contributed by atoms with E-state index in [0.717, 1.165) is 18.4 Å². The van der Waals surface area contributed by atoms with Crippen LogP contribution < -0.4 is 5.32 Å². The van der Waals surface area contributed by atoms with Gasteiger partial charge in [0.1, 0.15) is 0 Å². The summed E-state index contributed by atoms with van der Waals surface area (Å²) in [5, 5.41) is 11.8. The van der Waals surface area contributed by atoms with E-state index in [9.17, 15) is 9.59 Å². The molecule has 108 valence electrons. The van der Waals surface area contributed by atoms with Gasteiger partial charge in [-0.3, -0.25) is 4.79 Å². The van der Waals surface area contributed by atoms with Crippen molar-refractivity contribution in [3.05, 3.63) is 35.9 Å². The average molecular weight is 276 g/mol. The third-order valence-corrected chi connectivity index (χ3v) is 3.69. The number of aliphatic carboxylic acids is 1. The summed E-state index contributed by atoms with van der Waals surface area (Å²) in [4.78, 5) is 24.7. The van der Waals surface area contributed by atoms with E-state index >= 15 is 0 Å². The Morgan fingerprint density at radius 3 is 2.75 bits per heavy atom. The van der Waals surface area contributed by atoms with E-state index in [1.54, 1.807) is 4.90 Å². The summed E-state index contributed by atoms with van der Waals surface area (Å²) in [6.07, 6.45) is 1.65. The fourth-order valence-electron chi connectivity index (χ4n) is 2.61. The Morgan fingerprint density at radius 1 is 1.40 bits per heavy atom. The molecule has 1 fully saturated rings. The summed E-state index contributed by atoms with van der Waals surface area (Å²) >= 11 is 0. The first kappa shape index (κ1) is 14.4. The molecule has 1 aliphatic heterocycles. The second kappa shape index (κ2) is 6.41. The monoisotopic (exact) mass is 276 g/mol. The van der Waals surface area contributed by atoms with Gasteiger partial charge in [0.05, 0.1) is 12.5 Å². The van der Waals surface area contributed by atoms with Gasteiger partial charge in [-0.15, -0.1) is 0 Å². The maximum absolute atomic E-state index is 12.2. The number of amides is 2. The SMILES string of the molecule is CC(NC(=O)N1CCCC1CC(=O)O)c1ccccc1. The lowest BCUT2D eigenvalue weighted by Gasteiger charge is -2.26. The minimum Gasteiger partial charge on any atom is -0.481 e. The van der Waals surface area contributed by atoms with Crippen LogP contribution in [0.1, 0.15) is 37.8 Å². The lowest BCUT2D eigenvalue weighted by Crippen LogP contribution is -2.44. The van der Waals surface area contributed by atoms with Crippen molar-refractivity contribution >= 4 is 12.0 Å². The molecule has 2 unspecified atom stereocenters. The van der Waals surface area contributed by atoms with Crippen LogP contribution in [-0.2, 0) is 4.79 Å². The van der Waals surface area contributed by atoms with Crippen LogP contribution in [0.3, 0.4) is 0 Å². The van der Waals surface area contributed by atoms with Gasteiger partial charge in [0.15, 0.2) is 0 Å². The Balaban J connectivity index is 1.95. The molecule has 2 amide bonds. The topological polar surface area (TPSA) is 69.6 Å². The highest BCUT2D eigenvalue weighted by atomic mass is 16.4. The van der Waals surface area contributed by atoms with E-state index < -0.39 is 5.97 Å². The van der Waals surface area contributed by atoms with Crippen LogP contribution in [0.2, 0.25) is 0 Å². The number of carbonyl (C=O) groups excluding carboxylic acids is 1. The fraction of sp³-hybridized carbons (Fsp3) is 0.467. The van der Waals surface area contributed by atoms with Crippen LogP contribution in [0.5, 0.6) is 0 Å². The lowest BCUT2D eigenvalue weighted by atomic mass is 10.1. The molecule has 2 rings (SSSR count). The molecule has 5 heteroatoms. The van der Waals surface area contributed by atoms with Crippen LogP contribution >= 0.6 is 0 Å². The fourth-order valence-corrected chi connectivity index (χ4v) is 2.61. The number of likely N-dealkylation sites (tertiary alicyclic amines) is 1. The van der Waals surface area contributed by atoms with Gasteiger partial charge in [-0.05, 0) is 25.3 Å². The zero-order chi connectivity index (χ0) is 14.5. The van der Waals surface area contributed by atoms with Gasteiger partial charge in [-0.2, -0.15) is 0 Å². The second-order valence-electron chi connectivity index (χ2n) is 5.17. The van der Waals surface area contributed by atoms with Crippen molar-refractivity contribution in [1.82, 2.24) is 10.2 Å². The molecule has 2 atom stereocenters. The van der Waals surface area contributed by atoms with Crippen LogP contribution in [0.15, 0.2) is 30.3 Å². The normalized spacial score (nSPS) is 19.6. The molecule has 1 saturated heterocycles. The molecular weight excluding hydrogens is 256 g/mol. The molecule has 1 aromatic rings. The largest absolute Gasteiger partial charge is 0.481 e. The van der Waals surface area contributed by atoms with Crippen molar-refractivity contribution in [1.29, 1.82) is 0 Å². The minimum absolute atomic E-state index is 0.0210. The maximum Gasteiger partial charge on any atom is 0.318 e. The molecule has 1 aromatic carbocycles. The highest BCUT2D eigenvalue weighted by molar-refractivity contribution is 5.76. The first-order chi connectivity index (χ1) is 9.58. The minimum atomic E-state index is -0.856. The van der Waals surface area contributed by atoms with E-state index in [0.29, 0.717) is 6.54 Å². The van der Waals surface area contributed by atoms with E-state index in [1.165, 1.54) is 0 Å². The van der Waals surface area contributed by atoms with Crippen LogP contribution in [0.4, 0.5) is 4.79 Å². The highest BCUT2D eigenvalue weighted by Crippen LogP contribution is 2.21. The number of benzene rings is 1. The van der Waals surface area contributed by atoms with Gasteiger partial charge in [0.25, 0.3) is 0 Å². The average Bonchev–Trinajstić information content (AvgIpc) is 2.87. The van der Waals surface area contributed by atoms with Crippen molar-refractivity contribution < 1.29 is 14.7 Å². The Morgan fingerprint density at radius 2 is 2.10 bits per heavy atom. The van der Waals surface area contributed by atoms with Crippen LogP contribution in [0, 0.1) is 0 Å². The summed E-state index contributed by atoms with van der Waals surface area (Å²) in [5.41, 5.74) is 1.04. The predicted molar refractivity (Wildman–Crippen MR) is 75.4 cm³/mol. The summed E-state index contributed by atoms with van der Waals surface area (Å²) in [6, 6.07) is 9.27. The third-order valence-electron chi connectivity index (χ3n) is 3.69. The van der Waals surface area contributed by atoms with Crippen molar-refractivity contribution in [3.8, 4) is 0 Å². The second-order valence-corrected chi connectivity index (χ2v) is 5.17. The molecule has 1 aliphatic rings. The van der Waals surface area contributed by atoms with Gasteiger partial charge in [0.2, 0.25) is 0 Å². The van der Waals surface area contributed by atoms with Crippen LogP contribution in [0.25, 0.3) is 0 Å². The van der Waals surface area contributed by atoms with E-state index in [2.05, 4.69) is 5.32 Å². The number of nitrogens with zero attached hydrogens (tertiary/aromatic N) is 1. The maximum atomic E-state index is 12.2. The number of rotatable bonds is 4. The molecule has 5 nitrogen and oxygen atoms in total. The zero-order valence-electron chi connectivity index (χ0n) is 11.6. The molecule has 0 radical (unpaired) electrons. The van der Waals surface area contributed by atoms with E-state index in [4.69, 9.17) is 5.11 Å². The van der Waals surface area contributed by atoms with Gasteiger partial charge >= 0.3 is 12.0 Å². The standard InChI is InChI=1S/C15H20N2O3/c1-11(12-6-3-2-4-7-12)16-15(20)17-9-5-8-13(17)10-14(18)19/h2-4,6-7,11,13H,5,8-10H2,1H3,(H,16,20)(H,18,19). The van der Waals surface area contributed by atoms with Gasteiger partial charge in [-0.25, -0.2) is 4.79 Å². The van der Waals surface area contributed by atoms with E-state index in [-0.39, 0.29) is 24.5 Å². The van der Waals surface area contributed by atoms with Gasteiger partial charge < -0.3 is 15.3 Å². The molecule has 1 heterocycles. The number of carboxylic acid groups (broad SMARTS) is 1. The van der Waals surface area contributed by atoms with Crippen molar-refractivity contribution in [3.63, 3.8) is 0 Å². The van der Waals surface area contributed by atoms with Crippen molar-refractivity contribution in [2.45, 2.75) is 38.3 Å². The lowest BCUT2D eigenvalue weighted by molar-refractivity contribution is -0.137. The molecule has 0 aromatic heterocycles. The highest BCUT2D eigenvalue weighted by Gasteiger charge is 2.30. The zero-order valence-corrected chi connectivity index (χ0v) is 11.6. The number of carbonyl (C=O) groups is 2. The summed E-state index contributed by atoms with van der Waals surface area (Å²) < 4.78 is 0. The third kappa shape index (κ3) is 3.50. The number of hydrogen-bond donors (Lipinski definition) is 2.